The molecule has 3 nitrogen and oxygen atoms in total. The average Bonchev–Trinajstić information content (AvgIpc) is 2.22. The number of hydrogen-bond acceptors (Lipinski definition) is 3. The summed E-state index contributed by atoms with van der Waals surface area (Å²) in [5.74, 6) is 0.932. The molecule has 116 valence electrons. The van der Waals surface area contributed by atoms with E-state index in [-0.39, 0.29) is 0 Å². The highest BCUT2D eigenvalue weighted by atomic mass is 32.2. The molecule has 0 aromatic carbocycles. The second kappa shape index (κ2) is 8.25. The number of hydrogen-bond donors (Lipinski definition) is 1. The molecule has 0 saturated carbocycles. The van der Waals surface area contributed by atoms with E-state index in [4.69, 9.17) is 0 Å². The van der Waals surface area contributed by atoms with E-state index >= 15 is 0 Å². The molecule has 0 spiro atoms. The molecule has 0 bridgehead atoms. The first-order valence-corrected chi connectivity index (χ1v) is 9.53. The molecule has 0 fully saturated rings. The van der Waals surface area contributed by atoms with Gasteiger partial charge in [0.25, 0.3) is 0 Å². The predicted molar refractivity (Wildman–Crippen MR) is 84.3 cm³/mol. The van der Waals surface area contributed by atoms with Crippen LogP contribution in [-0.2, 0) is 9.84 Å². The molecule has 0 heterocycles. The van der Waals surface area contributed by atoms with Crippen LogP contribution in [0.5, 0.6) is 0 Å². The van der Waals surface area contributed by atoms with Crippen molar-refractivity contribution in [1.82, 2.24) is 5.32 Å². The van der Waals surface area contributed by atoms with Crippen LogP contribution < -0.4 is 5.32 Å². The van der Waals surface area contributed by atoms with Gasteiger partial charge in [-0.2, -0.15) is 0 Å². The Morgan fingerprint density at radius 2 is 1.79 bits per heavy atom. The molecule has 0 aromatic rings. The van der Waals surface area contributed by atoms with Crippen molar-refractivity contribution in [3.63, 3.8) is 0 Å². The lowest BCUT2D eigenvalue weighted by Crippen LogP contribution is -2.34. The van der Waals surface area contributed by atoms with Crippen molar-refractivity contribution in [3.8, 4) is 0 Å². The van der Waals surface area contributed by atoms with Gasteiger partial charge in [0.15, 0.2) is 0 Å². The first-order valence-electron chi connectivity index (χ1n) is 7.47. The molecule has 2 unspecified atom stereocenters. The van der Waals surface area contributed by atoms with Crippen molar-refractivity contribution in [3.05, 3.63) is 0 Å². The third kappa shape index (κ3) is 10.4. The molecule has 0 aliphatic heterocycles. The second-order valence-electron chi connectivity index (χ2n) is 6.93. The van der Waals surface area contributed by atoms with Gasteiger partial charge in [-0.3, -0.25) is 0 Å². The zero-order valence-corrected chi connectivity index (χ0v) is 14.4. The molecule has 0 amide bonds. The predicted octanol–water partition coefficient (Wildman–Crippen LogP) is 3.25. The minimum atomic E-state index is -2.82. The third-order valence-corrected chi connectivity index (χ3v) is 4.90. The Kier molecular flexibility index (Phi) is 8.21. The Bertz CT molecular complexity index is 331. The Morgan fingerprint density at radius 1 is 1.21 bits per heavy atom. The van der Waals surface area contributed by atoms with Gasteiger partial charge in [0, 0.05) is 18.1 Å². The molecule has 0 radical (unpaired) electrons. The molecule has 0 saturated heterocycles. The van der Waals surface area contributed by atoms with Gasteiger partial charge in [-0.25, -0.2) is 8.42 Å². The molecule has 0 rings (SSSR count). The third-order valence-electron chi connectivity index (χ3n) is 3.87. The van der Waals surface area contributed by atoms with Crippen LogP contribution in [0.15, 0.2) is 0 Å². The fourth-order valence-electron chi connectivity index (χ4n) is 2.02. The minimum absolute atomic E-state index is 0.307. The largest absolute Gasteiger partial charge is 0.314 e. The Labute approximate surface area is 120 Å². The van der Waals surface area contributed by atoms with Crippen LogP contribution in [0, 0.1) is 11.3 Å². The highest BCUT2D eigenvalue weighted by molar-refractivity contribution is 7.90. The quantitative estimate of drug-likeness (QED) is 0.709. The molecular weight excluding hydrogens is 258 g/mol. The Morgan fingerprint density at radius 3 is 2.21 bits per heavy atom. The molecule has 0 aliphatic carbocycles. The van der Waals surface area contributed by atoms with Crippen LogP contribution in [0.4, 0.5) is 0 Å². The smallest absolute Gasteiger partial charge is 0.147 e. The van der Waals surface area contributed by atoms with E-state index in [1.807, 2.05) is 0 Å². The van der Waals surface area contributed by atoms with E-state index < -0.39 is 9.84 Å². The summed E-state index contributed by atoms with van der Waals surface area (Å²) < 4.78 is 22.4. The maximum absolute atomic E-state index is 11.2. The summed E-state index contributed by atoms with van der Waals surface area (Å²) in [6.45, 7) is 12.3. The molecule has 0 aliphatic rings. The maximum Gasteiger partial charge on any atom is 0.147 e. The number of nitrogens with one attached hydrogen (secondary N) is 1. The van der Waals surface area contributed by atoms with Crippen LogP contribution in [0.2, 0.25) is 0 Å². The topological polar surface area (TPSA) is 46.2 Å². The number of rotatable bonds is 9. The van der Waals surface area contributed by atoms with E-state index in [2.05, 4.69) is 39.9 Å². The van der Waals surface area contributed by atoms with Gasteiger partial charge in [-0.05, 0) is 43.6 Å². The zero-order valence-electron chi connectivity index (χ0n) is 13.6. The summed E-state index contributed by atoms with van der Waals surface area (Å²) in [4.78, 5) is 0. The fourth-order valence-corrected chi connectivity index (χ4v) is 2.72. The normalized spacial score (nSPS) is 16.3. The van der Waals surface area contributed by atoms with Crippen LogP contribution in [0.1, 0.15) is 60.3 Å². The summed E-state index contributed by atoms with van der Waals surface area (Å²) in [7, 11) is -2.82. The standard InChI is InChI=1S/C15H33NO2S/c1-7-10-16-14(9-8-11-19(6,17)18)12-13(2)15(3,4)5/h13-14,16H,7-12H2,1-6H3. The molecule has 0 aromatic heterocycles. The lowest BCUT2D eigenvalue weighted by Gasteiger charge is -2.31. The van der Waals surface area contributed by atoms with Gasteiger partial charge in [-0.15, -0.1) is 0 Å². The van der Waals surface area contributed by atoms with Gasteiger partial charge < -0.3 is 5.32 Å². The van der Waals surface area contributed by atoms with Gasteiger partial charge in [0.1, 0.15) is 9.84 Å². The summed E-state index contributed by atoms with van der Waals surface area (Å²) in [5, 5.41) is 3.56. The number of sulfone groups is 1. The molecule has 2 atom stereocenters. The van der Waals surface area contributed by atoms with Crippen molar-refractivity contribution < 1.29 is 8.42 Å². The fraction of sp³-hybridized carbons (Fsp3) is 1.00. The van der Waals surface area contributed by atoms with Gasteiger partial charge in [0.05, 0.1) is 0 Å². The Hall–Kier alpha value is -0.0900. The lowest BCUT2D eigenvalue weighted by atomic mass is 9.78. The zero-order chi connectivity index (χ0) is 15.1. The van der Waals surface area contributed by atoms with Crippen molar-refractivity contribution >= 4 is 9.84 Å². The highest BCUT2D eigenvalue weighted by Gasteiger charge is 2.23. The minimum Gasteiger partial charge on any atom is -0.314 e. The van der Waals surface area contributed by atoms with Gasteiger partial charge in [-0.1, -0.05) is 34.6 Å². The van der Waals surface area contributed by atoms with Crippen molar-refractivity contribution in [1.29, 1.82) is 0 Å². The van der Waals surface area contributed by atoms with Crippen molar-refractivity contribution in [2.75, 3.05) is 18.6 Å². The van der Waals surface area contributed by atoms with E-state index in [0.29, 0.717) is 23.1 Å². The summed E-state index contributed by atoms with van der Waals surface area (Å²) >= 11 is 0. The maximum atomic E-state index is 11.2. The Balaban J connectivity index is 4.30. The van der Waals surface area contributed by atoms with E-state index in [0.717, 1.165) is 32.2 Å². The van der Waals surface area contributed by atoms with Crippen LogP contribution >= 0.6 is 0 Å². The highest BCUT2D eigenvalue weighted by Crippen LogP contribution is 2.29. The summed E-state index contributed by atoms with van der Waals surface area (Å²) in [5.41, 5.74) is 0.309. The van der Waals surface area contributed by atoms with Gasteiger partial charge in [0.2, 0.25) is 0 Å². The van der Waals surface area contributed by atoms with E-state index in [1.165, 1.54) is 6.26 Å². The van der Waals surface area contributed by atoms with E-state index in [9.17, 15) is 8.42 Å². The van der Waals surface area contributed by atoms with E-state index in [1.54, 1.807) is 0 Å². The van der Waals surface area contributed by atoms with Gasteiger partial charge >= 0.3 is 0 Å². The second-order valence-corrected chi connectivity index (χ2v) is 9.19. The SMILES string of the molecule is CCCNC(CCCS(C)(=O)=O)CC(C)C(C)(C)C. The first-order chi connectivity index (χ1) is 8.56. The van der Waals surface area contributed by atoms with Crippen molar-refractivity contribution in [2.24, 2.45) is 11.3 Å². The van der Waals surface area contributed by atoms with Crippen LogP contribution in [0.3, 0.4) is 0 Å². The van der Waals surface area contributed by atoms with Crippen LogP contribution in [0.25, 0.3) is 0 Å². The summed E-state index contributed by atoms with van der Waals surface area (Å²) in [6, 6.07) is 0.441. The first kappa shape index (κ1) is 18.9. The van der Waals surface area contributed by atoms with Crippen LogP contribution in [-0.4, -0.2) is 33.0 Å². The molecule has 4 heteroatoms. The van der Waals surface area contributed by atoms with Crippen molar-refractivity contribution in [2.45, 2.75) is 66.3 Å². The summed E-state index contributed by atoms with van der Waals surface area (Å²) in [6.07, 6.45) is 5.27. The lowest BCUT2D eigenvalue weighted by molar-refractivity contribution is 0.218. The molecule has 1 N–H and O–H groups in total. The monoisotopic (exact) mass is 291 g/mol. The molecular formula is C15H33NO2S. The molecule has 19 heavy (non-hydrogen) atoms. The average molecular weight is 292 g/mol.